The number of ketones is 1. The van der Waals surface area contributed by atoms with Gasteiger partial charge in [-0.3, -0.25) is 4.79 Å². The topological polar surface area (TPSA) is 99.9 Å². The third-order valence-corrected chi connectivity index (χ3v) is 3.37. The summed E-state index contributed by atoms with van der Waals surface area (Å²) in [5.41, 5.74) is 8.40. The number of carbonyl (C=O) groups is 1. The van der Waals surface area contributed by atoms with Crippen LogP contribution in [-0.2, 0) is 0 Å². The summed E-state index contributed by atoms with van der Waals surface area (Å²) in [6.07, 6.45) is 1.41. The maximum Gasteiger partial charge on any atom is 0.163 e. The highest BCUT2D eigenvalue weighted by atomic mass is 16.3. The van der Waals surface area contributed by atoms with Crippen molar-refractivity contribution in [2.24, 2.45) is 0 Å². The van der Waals surface area contributed by atoms with Crippen LogP contribution in [0.3, 0.4) is 0 Å². The van der Waals surface area contributed by atoms with Crippen molar-refractivity contribution in [1.29, 1.82) is 0 Å². The smallest absolute Gasteiger partial charge is 0.163 e. The molecule has 0 atom stereocenters. The number of nitrogens with zero attached hydrogens (tertiary/aromatic N) is 1. The van der Waals surface area contributed by atoms with Crippen LogP contribution in [0, 0.1) is 0 Å². The van der Waals surface area contributed by atoms with E-state index in [1.165, 1.54) is 13.2 Å². The first-order chi connectivity index (χ1) is 10.6. The molecule has 0 aliphatic rings. The predicted octanol–water partition coefficient (Wildman–Crippen LogP) is 1.52. The fourth-order valence-corrected chi connectivity index (χ4v) is 2.28. The molecule has 0 amide bonds. The number of aliphatic hydroxyl groups excluding tert-OH is 2. The molecule has 2 rings (SSSR count). The predicted molar refractivity (Wildman–Crippen MR) is 84.9 cm³/mol. The van der Waals surface area contributed by atoms with Crippen LogP contribution in [0.1, 0.15) is 17.3 Å². The largest absolute Gasteiger partial charge is 0.464 e. The Morgan fingerprint density at radius 3 is 2.45 bits per heavy atom. The molecule has 0 aliphatic heterocycles. The Kier molecular flexibility index (Phi) is 5.19. The van der Waals surface area contributed by atoms with E-state index in [9.17, 15) is 15.0 Å². The number of hydrogen-bond donors (Lipinski definition) is 3. The van der Waals surface area contributed by atoms with Crippen LogP contribution >= 0.6 is 0 Å². The van der Waals surface area contributed by atoms with Gasteiger partial charge in [0.25, 0.3) is 0 Å². The van der Waals surface area contributed by atoms with Crippen LogP contribution in [0.4, 0.5) is 11.4 Å². The minimum Gasteiger partial charge on any atom is -0.464 e. The number of nitrogens with two attached hydrogens (primary N) is 1. The summed E-state index contributed by atoms with van der Waals surface area (Å²) in [6, 6.07) is 6.97. The van der Waals surface area contributed by atoms with Gasteiger partial charge in [-0.15, -0.1) is 0 Å². The Hall–Kier alpha value is -2.31. The molecule has 1 heterocycles. The van der Waals surface area contributed by atoms with Crippen LogP contribution in [0.25, 0.3) is 11.3 Å². The van der Waals surface area contributed by atoms with Crippen molar-refractivity contribution in [3.8, 4) is 11.3 Å². The van der Waals surface area contributed by atoms with Crippen LogP contribution in [0.15, 0.2) is 34.9 Å². The van der Waals surface area contributed by atoms with Crippen LogP contribution in [0.2, 0.25) is 0 Å². The van der Waals surface area contributed by atoms with Gasteiger partial charge in [0.1, 0.15) is 12.0 Å². The summed E-state index contributed by atoms with van der Waals surface area (Å²) < 4.78 is 5.49. The zero-order valence-corrected chi connectivity index (χ0v) is 12.5. The van der Waals surface area contributed by atoms with E-state index in [1.54, 1.807) is 18.2 Å². The zero-order chi connectivity index (χ0) is 16.1. The maximum absolute atomic E-state index is 11.4. The number of hydrogen-bond acceptors (Lipinski definition) is 6. The number of carbonyl (C=O) groups excluding carboxylic acids is 1. The van der Waals surface area contributed by atoms with Crippen molar-refractivity contribution in [1.82, 2.24) is 0 Å². The lowest BCUT2D eigenvalue weighted by atomic mass is 10.1. The van der Waals surface area contributed by atoms with Crippen molar-refractivity contribution >= 4 is 17.2 Å². The van der Waals surface area contributed by atoms with Crippen LogP contribution in [-0.4, -0.2) is 42.3 Å². The van der Waals surface area contributed by atoms with Crippen molar-refractivity contribution in [2.75, 3.05) is 36.9 Å². The van der Waals surface area contributed by atoms with E-state index in [-0.39, 0.29) is 19.0 Å². The minimum absolute atomic E-state index is 0.0410. The normalized spacial score (nSPS) is 10.7. The molecule has 6 heteroatoms. The summed E-state index contributed by atoms with van der Waals surface area (Å²) in [4.78, 5) is 13.3. The maximum atomic E-state index is 11.4. The molecule has 0 bridgehead atoms. The van der Waals surface area contributed by atoms with Crippen molar-refractivity contribution < 1.29 is 19.4 Å². The molecule has 118 valence electrons. The van der Waals surface area contributed by atoms with E-state index in [2.05, 4.69) is 0 Å². The Labute approximate surface area is 128 Å². The van der Waals surface area contributed by atoms with Gasteiger partial charge in [0.15, 0.2) is 5.78 Å². The average molecular weight is 304 g/mol. The highest BCUT2D eigenvalue weighted by Crippen LogP contribution is 2.34. The van der Waals surface area contributed by atoms with Crippen LogP contribution < -0.4 is 10.6 Å². The van der Waals surface area contributed by atoms with Gasteiger partial charge in [-0.2, -0.15) is 0 Å². The van der Waals surface area contributed by atoms with Gasteiger partial charge in [0.2, 0.25) is 0 Å². The lowest BCUT2D eigenvalue weighted by molar-refractivity contribution is 0.101. The number of Topliss-reactive ketones (excluding diaryl/α,β-unsaturated/α-hetero) is 1. The molecule has 1 aromatic heterocycles. The second-order valence-corrected chi connectivity index (χ2v) is 4.97. The zero-order valence-electron chi connectivity index (χ0n) is 12.5. The standard InChI is InChI=1S/C16H20N2O4/c1-11(21)12-8-16(22-10-12)14-9-13(17)2-3-15(14)18(4-6-19)5-7-20/h2-3,8-10,19-20H,4-7,17H2,1H3. The molecule has 0 spiro atoms. The monoisotopic (exact) mass is 304 g/mol. The van der Waals surface area contributed by atoms with Gasteiger partial charge in [-0.1, -0.05) is 0 Å². The van der Waals surface area contributed by atoms with E-state index < -0.39 is 0 Å². The highest BCUT2D eigenvalue weighted by Gasteiger charge is 2.16. The summed E-state index contributed by atoms with van der Waals surface area (Å²) in [6.45, 7) is 2.13. The molecule has 2 aromatic rings. The van der Waals surface area contributed by atoms with Gasteiger partial charge >= 0.3 is 0 Å². The summed E-state index contributed by atoms with van der Waals surface area (Å²) in [5.74, 6) is 0.441. The third-order valence-electron chi connectivity index (χ3n) is 3.37. The molecule has 4 N–H and O–H groups in total. The molecule has 0 saturated heterocycles. The Morgan fingerprint density at radius 2 is 1.91 bits per heavy atom. The first-order valence-corrected chi connectivity index (χ1v) is 7.03. The van der Waals surface area contributed by atoms with E-state index in [1.807, 2.05) is 11.0 Å². The van der Waals surface area contributed by atoms with Gasteiger partial charge in [-0.05, 0) is 31.2 Å². The molecular weight excluding hydrogens is 284 g/mol. The van der Waals surface area contributed by atoms with E-state index in [0.29, 0.717) is 30.1 Å². The van der Waals surface area contributed by atoms with Crippen molar-refractivity contribution in [3.05, 3.63) is 36.1 Å². The SMILES string of the molecule is CC(=O)c1coc(-c2cc(N)ccc2N(CCO)CCO)c1. The fourth-order valence-electron chi connectivity index (χ4n) is 2.28. The van der Waals surface area contributed by atoms with Gasteiger partial charge in [-0.25, -0.2) is 0 Å². The third kappa shape index (κ3) is 3.47. The highest BCUT2D eigenvalue weighted by molar-refractivity contribution is 5.95. The minimum atomic E-state index is -0.0805. The Morgan fingerprint density at radius 1 is 1.23 bits per heavy atom. The Balaban J connectivity index is 2.48. The van der Waals surface area contributed by atoms with Crippen LogP contribution in [0.5, 0.6) is 0 Å². The number of nitrogen functional groups attached to an aromatic ring is 1. The van der Waals surface area contributed by atoms with E-state index in [4.69, 9.17) is 10.2 Å². The van der Waals surface area contributed by atoms with E-state index in [0.717, 1.165) is 11.3 Å². The molecule has 6 nitrogen and oxygen atoms in total. The van der Waals surface area contributed by atoms with Crippen molar-refractivity contribution in [3.63, 3.8) is 0 Å². The van der Waals surface area contributed by atoms with Crippen molar-refractivity contribution in [2.45, 2.75) is 6.92 Å². The average Bonchev–Trinajstić information content (AvgIpc) is 2.97. The lowest BCUT2D eigenvalue weighted by Crippen LogP contribution is -2.30. The number of benzene rings is 1. The molecule has 1 aromatic carbocycles. The number of furan rings is 1. The Bertz CT molecular complexity index is 645. The number of aliphatic hydroxyl groups is 2. The second-order valence-electron chi connectivity index (χ2n) is 4.97. The molecule has 0 unspecified atom stereocenters. The number of rotatable bonds is 7. The first kappa shape index (κ1) is 16.1. The lowest BCUT2D eigenvalue weighted by Gasteiger charge is -2.25. The molecular formula is C16H20N2O4. The fraction of sp³-hybridized carbons (Fsp3) is 0.312. The summed E-state index contributed by atoms with van der Waals surface area (Å²) in [7, 11) is 0. The van der Waals surface area contributed by atoms with Gasteiger partial charge < -0.3 is 25.3 Å². The summed E-state index contributed by atoms with van der Waals surface area (Å²) in [5, 5.41) is 18.4. The van der Waals surface area contributed by atoms with Gasteiger partial charge in [0.05, 0.1) is 18.8 Å². The molecule has 0 saturated carbocycles. The summed E-state index contributed by atoms with van der Waals surface area (Å²) >= 11 is 0. The molecule has 0 radical (unpaired) electrons. The quantitative estimate of drug-likeness (QED) is 0.530. The second kappa shape index (κ2) is 7.11. The number of anilines is 2. The molecule has 0 aliphatic carbocycles. The first-order valence-electron chi connectivity index (χ1n) is 7.03. The molecule has 0 fully saturated rings. The molecule has 22 heavy (non-hydrogen) atoms. The van der Waals surface area contributed by atoms with Gasteiger partial charge in [0, 0.05) is 30.0 Å². The van der Waals surface area contributed by atoms with E-state index >= 15 is 0 Å².